The molecule has 1 fully saturated rings. The topological polar surface area (TPSA) is 72.2 Å². The maximum Gasteiger partial charge on any atom is 0.273 e. The van der Waals surface area contributed by atoms with Crippen molar-refractivity contribution in [2.75, 3.05) is 0 Å². The van der Waals surface area contributed by atoms with E-state index in [2.05, 4.69) is 5.32 Å². The van der Waals surface area contributed by atoms with Crippen LogP contribution in [-0.2, 0) is 0 Å². The number of nitro benzene ring substituents is 1. The minimum absolute atomic E-state index is 0.00137. The molecule has 0 aromatic heterocycles. The molecule has 0 saturated heterocycles. The van der Waals surface area contributed by atoms with Gasteiger partial charge in [0.05, 0.1) is 4.92 Å². The van der Waals surface area contributed by atoms with Crippen LogP contribution in [0.15, 0.2) is 18.2 Å². The highest BCUT2D eigenvalue weighted by Gasteiger charge is 2.18. The van der Waals surface area contributed by atoms with Gasteiger partial charge in [-0.25, -0.2) is 0 Å². The molecule has 1 aliphatic carbocycles. The van der Waals surface area contributed by atoms with Crippen molar-refractivity contribution in [1.82, 2.24) is 5.32 Å². The highest BCUT2D eigenvalue weighted by atomic mass is 16.6. The Morgan fingerprint density at radius 1 is 1.25 bits per heavy atom. The zero-order valence-corrected chi connectivity index (χ0v) is 11.7. The maximum absolute atomic E-state index is 12.2. The van der Waals surface area contributed by atoms with Crippen molar-refractivity contribution >= 4 is 11.6 Å². The van der Waals surface area contributed by atoms with Gasteiger partial charge in [-0.15, -0.1) is 0 Å². The van der Waals surface area contributed by atoms with Crippen LogP contribution >= 0.6 is 0 Å². The Bertz CT molecular complexity index is 506. The number of nitrogens with one attached hydrogen (secondary N) is 1. The Morgan fingerprint density at radius 3 is 2.50 bits per heavy atom. The highest BCUT2D eigenvalue weighted by molar-refractivity contribution is 5.95. The third-order valence-corrected chi connectivity index (χ3v) is 3.86. The molecule has 1 aromatic rings. The van der Waals surface area contributed by atoms with Gasteiger partial charge in [0.15, 0.2) is 0 Å². The van der Waals surface area contributed by atoms with E-state index in [0.717, 1.165) is 25.7 Å². The van der Waals surface area contributed by atoms with E-state index in [9.17, 15) is 14.9 Å². The summed E-state index contributed by atoms with van der Waals surface area (Å²) in [7, 11) is 0. The molecule has 0 atom stereocenters. The summed E-state index contributed by atoms with van der Waals surface area (Å²) in [6.07, 6.45) is 6.72. The van der Waals surface area contributed by atoms with E-state index in [-0.39, 0.29) is 17.6 Å². The number of benzene rings is 1. The van der Waals surface area contributed by atoms with E-state index in [4.69, 9.17) is 0 Å². The minimum Gasteiger partial charge on any atom is -0.349 e. The minimum atomic E-state index is -0.447. The first-order chi connectivity index (χ1) is 9.58. The van der Waals surface area contributed by atoms with E-state index in [1.54, 1.807) is 19.1 Å². The predicted octanol–water partition coefficient (Wildman–Crippen LogP) is 3.36. The molecular weight excluding hydrogens is 256 g/mol. The summed E-state index contributed by atoms with van der Waals surface area (Å²) in [5, 5.41) is 13.9. The van der Waals surface area contributed by atoms with Gasteiger partial charge in [0.2, 0.25) is 0 Å². The summed E-state index contributed by atoms with van der Waals surface area (Å²) in [6, 6.07) is 4.83. The predicted molar refractivity (Wildman–Crippen MR) is 76.8 cm³/mol. The molecule has 5 heteroatoms. The summed E-state index contributed by atoms with van der Waals surface area (Å²) in [4.78, 5) is 22.6. The largest absolute Gasteiger partial charge is 0.349 e. The Hall–Kier alpha value is -1.91. The average molecular weight is 276 g/mol. The van der Waals surface area contributed by atoms with E-state index >= 15 is 0 Å². The lowest BCUT2D eigenvalue weighted by Gasteiger charge is -2.16. The molecule has 0 spiro atoms. The first kappa shape index (κ1) is 14.5. The van der Waals surface area contributed by atoms with E-state index in [1.807, 2.05) is 0 Å². The number of amides is 1. The van der Waals surface area contributed by atoms with E-state index < -0.39 is 4.92 Å². The summed E-state index contributed by atoms with van der Waals surface area (Å²) in [6.45, 7) is 1.67. The van der Waals surface area contributed by atoms with Crippen LogP contribution in [0.3, 0.4) is 0 Å². The van der Waals surface area contributed by atoms with Gasteiger partial charge in [-0.05, 0) is 25.8 Å². The van der Waals surface area contributed by atoms with Crippen LogP contribution in [0.1, 0.15) is 54.4 Å². The molecule has 0 bridgehead atoms. The summed E-state index contributed by atoms with van der Waals surface area (Å²) >= 11 is 0. The smallest absolute Gasteiger partial charge is 0.273 e. The van der Waals surface area contributed by atoms with Crippen molar-refractivity contribution in [2.24, 2.45) is 0 Å². The summed E-state index contributed by atoms with van der Waals surface area (Å²) < 4.78 is 0. The van der Waals surface area contributed by atoms with E-state index in [1.165, 1.54) is 18.9 Å². The fraction of sp³-hybridized carbons (Fsp3) is 0.533. The zero-order chi connectivity index (χ0) is 14.5. The SMILES string of the molecule is Cc1ccc(C(=O)NC2CCCCCC2)cc1[N+](=O)[O-]. The molecule has 0 radical (unpaired) electrons. The third-order valence-electron chi connectivity index (χ3n) is 3.86. The molecule has 1 aromatic carbocycles. The van der Waals surface area contributed by atoms with Crippen molar-refractivity contribution in [2.45, 2.75) is 51.5 Å². The standard InChI is InChI=1S/C15H20N2O3/c1-11-8-9-12(10-14(11)17(19)20)15(18)16-13-6-4-2-3-5-7-13/h8-10,13H,2-7H2,1H3,(H,16,18). The first-order valence-electron chi connectivity index (χ1n) is 7.14. The Morgan fingerprint density at radius 2 is 1.90 bits per heavy atom. The highest BCUT2D eigenvalue weighted by Crippen LogP contribution is 2.21. The van der Waals surface area contributed by atoms with Crippen LogP contribution in [0.2, 0.25) is 0 Å². The first-order valence-corrected chi connectivity index (χ1v) is 7.14. The van der Waals surface area contributed by atoms with Gasteiger partial charge in [0, 0.05) is 23.2 Å². The molecule has 1 saturated carbocycles. The maximum atomic E-state index is 12.2. The second-order valence-electron chi connectivity index (χ2n) is 5.42. The monoisotopic (exact) mass is 276 g/mol. The Kier molecular flexibility index (Phi) is 4.71. The van der Waals surface area contributed by atoms with Gasteiger partial charge in [-0.3, -0.25) is 14.9 Å². The van der Waals surface area contributed by atoms with E-state index in [0.29, 0.717) is 11.1 Å². The molecule has 1 aliphatic rings. The number of hydrogen-bond acceptors (Lipinski definition) is 3. The lowest BCUT2D eigenvalue weighted by molar-refractivity contribution is -0.385. The lowest BCUT2D eigenvalue weighted by atomic mass is 10.1. The molecule has 0 heterocycles. The van der Waals surface area contributed by atoms with Crippen molar-refractivity contribution < 1.29 is 9.72 Å². The van der Waals surface area contributed by atoms with Gasteiger partial charge in [-0.2, -0.15) is 0 Å². The quantitative estimate of drug-likeness (QED) is 0.522. The second-order valence-corrected chi connectivity index (χ2v) is 5.42. The molecule has 1 N–H and O–H groups in total. The van der Waals surface area contributed by atoms with Gasteiger partial charge < -0.3 is 5.32 Å². The number of rotatable bonds is 3. The van der Waals surface area contributed by atoms with Crippen molar-refractivity contribution in [3.05, 3.63) is 39.4 Å². The zero-order valence-electron chi connectivity index (χ0n) is 11.7. The fourth-order valence-electron chi connectivity index (χ4n) is 2.64. The molecule has 5 nitrogen and oxygen atoms in total. The number of carbonyl (C=O) groups is 1. The third kappa shape index (κ3) is 3.56. The normalized spacial score (nSPS) is 16.4. The number of aryl methyl sites for hydroxylation is 1. The molecule has 0 unspecified atom stereocenters. The molecule has 108 valence electrons. The number of hydrogen-bond donors (Lipinski definition) is 1. The van der Waals surface area contributed by atoms with Crippen molar-refractivity contribution in [3.8, 4) is 0 Å². The van der Waals surface area contributed by atoms with Crippen LogP contribution in [0.5, 0.6) is 0 Å². The molecule has 20 heavy (non-hydrogen) atoms. The number of carbonyl (C=O) groups excluding carboxylic acids is 1. The second kappa shape index (κ2) is 6.50. The molecular formula is C15H20N2O3. The van der Waals surface area contributed by atoms with Gasteiger partial charge in [0.25, 0.3) is 11.6 Å². The van der Waals surface area contributed by atoms with Crippen LogP contribution in [0, 0.1) is 17.0 Å². The molecule has 0 aliphatic heterocycles. The number of nitro groups is 1. The fourth-order valence-corrected chi connectivity index (χ4v) is 2.64. The number of nitrogens with zero attached hydrogens (tertiary/aromatic N) is 1. The summed E-state index contributed by atoms with van der Waals surface area (Å²) in [5.41, 5.74) is 0.936. The van der Waals surface area contributed by atoms with Crippen LogP contribution in [0.25, 0.3) is 0 Å². The lowest BCUT2D eigenvalue weighted by Crippen LogP contribution is -2.34. The Labute approximate surface area is 118 Å². The van der Waals surface area contributed by atoms with Crippen molar-refractivity contribution in [1.29, 1.82) is 0 Å². The van der Waals surface area contributed by atoms with Crippen molar-refractivity contribution in [3.63, 3.8) is 0 Å². The Balaban J connectivity index is 2.08. The van der Waals surface area contributed by atoms with Gasteiger partial charge >= 0.3 is 0 Å². The van der Waals surface area contributed by atoms with Crippen LogP contribution < -0.4 is 5.32 Å². The summed E-state index contributed by atoms with van der Waals surface area (Å²) in [5.74, 6) is -0.208. The van der Waals surface area contributed by atoms with Crippen LogP contribution in [0.4, 0.5) is 5.69 Å². The average Bonchev–Trinajstić information content (AvgIpc) is 2.67. The van der Waals surface area contributed by atoms with Crippen LogP contribution in [-0.4, -0.2) is 16.9 Å². The molecule has 1 amide bonds. The van der Waals surface area contributed by atoms with Gasteiger partial charge in [-0.1, -0.05) is 31.7 Å². The van der Waals surface area contributed by atoms with Gasteiger partial charge in [0.1, 0.15) is 0 Å². The molecule has 2 rings (SSSR count).